The SMILES string of the molecule is CC(C)C(CN=C(N)N1CCSCC1)N1CCCC1.I. The molecule has 2 fully saturated rings. The maximum atomic E-state index is 6.14. The number of nitrogens with zero attached hydrogens (tertiary/aromatic N) is 3. The van der Waals surface area contributed by atoms with E-state index in [9.17, 15) is 0 Å². The van der Waals surface area contributed by atoms with Gasteiger partial charge in [0.1, 0.15) is 0 Å². The summed E-state index contributed by atoms with van der Waals surface area (Å²) in [6.45, 7) is 10.0. The molecule has 0 spiro atoms. The summed E-state index contributed by atoms with van der Waals surface area (Å²) in [6.07, 6.45) is 2.68. The second-order valence-corrected chi connectivity index (χ2v) is 7.08. The van der Waals surface area contributed by atoms with Crippen molar-refractivity contribution in [3.63, 3.8) is 0 Å². The molecule has 2 aliphatic heterocycles. The molecule has 0 amide bonds. The van der Waals surface area contributed by atoms with Gasteiger partial charge in [0.2, 0.25) is 0 Å². The molecule has 20 heavy (non-hydrogen) atoms. The number of hydrogen-bond acceptors (Lipinski definition) is 3. The molecule has 0 radical (unpaired) electrons. The van der Waals surface area contributed by atoms with E-state index in [1.165, 1.54) is 37.4 Å². The summed E-state index contributed by atoms with van der Waals surface area (Å²) >= 11 is 2.01. The first-order valence-corrected chi connectivity index (χ1v) is 8.70. The molecule has 2 aliphatic rings. The lowest BCUT2D eigenvalue weighted by atomic mass is 10.0. The Labute approximate surface area is 144 Å². The van der Waals surface area contributed by atoms with Gasteiger partial charge < -0.3 is 10.6 Å². The fourth-order valence-corrected chi connectivity index (χ4v) is 3.80. The summed E-state index contributed by atoms with van der Waals surface area (Å²) in [7, 11) is 0. The van der Waals surface area contributed by atoms with Crippen molar-refractivity contribution in [2.24, 2.45) is 16.6 Å². The third-order valence-electron chi connectivity index (χ3n) is 4.15. The van der Waals surface area contributed by atoms with Gasteiger partial charge in [0.05, 0.1) is 6.54 Å². The molecule has 0 aromatic heterocycles. The van der Waals surface area contributed by atoms with Gasteiger partial charge in [-0.15, -0.1) is 24.0 Å². The Balaban J connectivity index is 0.00000200. The van der Waals surface area contributed by atoms with Crippen LogP contribution >= 0.6 is 35.7 Å². The number of rotatable bonds is 4. The van der Waals surface area contributed by atoms with Gasteiger partial charge in [-0.25, -0.2) is 0 Å². The lowest BCUT2D eigenvalue weighted by molar-refractivity contribution is 0.197. The van der Waals surface area contributed by atoms with E-state index in [0.717, 1.165) is 25.6 Å². The molecule has 1 atom stereocenters. The molecule has 2 saturated heterocycles. The van der Waals surface area contributed by atoms with E-state index in [-0.39, 0.29) is 24.0 Å². The molecule has 118 valence electrons. The van der Waals surface area contributed by atoms with Crippen LogP contribution in [0.4, 0.5) is 0 Å². The number of likely N-dealkylation sites (tertiary alicyclic amines) is 1. The van der Waals surface area contributed by atoms with Crippen LogP contribution in [0.3, 0.4) is 0 Å². The van der Waals surface area contributed by atoms with Crippen LogP contribution in [-0.2, 0) is 0 Å². The average Bonchev–Trinajstić information content (AvgIpc) is 2.93. The van der Waals surface area contributed by atoms with E-state index in [2.05, 4.69) is 28.6 Å². The van der Waals surface area contributed by atoms with Crippen molar-refractivity contribution in [1.82, 2.24) is 9.80 Å². The average molecular weight is 412 g/mol. The van der Waals surface area contributed by atoms with Crippen LogP contribution in [0.2, 0.25) is 0 Å². The van der Waals surface area contributed by atoms with Crippen molar-refractivity contribution in [3.05, 3.63) is 0 Å². The molecule has 2 heterocycles. The third kappa shape index (κ3) is 5.26. The largest absolute Gasteiger partial charge is 0.370 e. The molecule has 0 aromatic carbocycles. The molecule has 1 unspecified atom stereocenters. The van der Waals surface area contributed by atoms with Crippen LogP contribution < -0.4 is 5.73 Å². The Morgan fingerprint density at radius 1 is 1.15 bits per heavy atom. The van der Waals surface area contributed by atoms with Gasteiger partial charge in [-0.1, -0.05) is 13.8 Å². The number of guanidine groups is 1. The van der Waals surface area contributed by atoms with Crippen LogP contribution in [0.5, 0.6) is 0 Å². The van der Waals surface area contributed by atoms with Crippen LogP contribution in [0.1, 0.15) is 26.7 Å². The molecule has 0 aliphatic carbocycles. The molecular formula is C14H29IN4S. The maximum absolute atomic E-state index is 6.14. The van der Waals surface area contributed by atoms with Gasteiger partial charge in [-0.3, -0.25) is 9.89 Å². The highest BCUT2D eigenvalue weighted by molar-refractivity contribution is 14.0. The zero-order chi connectivity index (χ0) is 13.7. The Morgan fingerprint density at radius 2 is 1.75 bits per heavy atom. The number of hydrogen-bond donors (Lipinski definition) is 1. The molecule has 4 nitrogen and oxygen atoms in total. The minimum absolute atomic E-state index is 0. The summed E-state index contributed by atoms with van der Waals surface area (Å²) in [6, 6.07) is 0.556. The van der Waals surface area contributed by atoms with Crippen molar-refractivity contribution >= 4 is 41.7 Å². The van der Waals surface area contributed by atoms with Crippen molar-refractivity contribution < 1.29 is 0 Å². The monoisotopic (exact) mass is 412 g/mol. The van der Waals surface area contributed by atoms with E-state index in [1.807, 2.05) is 11.8 Å². The first-order chi connectivity index (χ1) is 9.18. The van der Waals surface area contributed by atoms with Gasteiger partial charge in [0.25, 0.3) is 0 Å². The van der Waals surface area contributed by atoms with Crippen LogP contribution in [-0.4, -0.2) is 66.0 Å². The Hall–Kier alpha value is 0.310. The van der Waals surface area contributed by atoms with Gasteiger partial charge in [0.15, 0.2) is 5.96 Å². The summed E-state index contributed by atoms with van der Waals surface area (Å²) in [4.78, 5) is 9.51. The summed E-state index contributed by atoms with van der Waals surface area (Å²) in [5.74, 6) is 3.75. The quantitative estimate of drug-likeness (QED) is 0.437. The third-order valence-corrected chi connectivity index (χ3v) is 5.10. The van der Waals surface area contributed by atoms with E-state index < -0.39 is 0 Å². The van der Waals surface area contributed by atoms with Crippen molar-refractivity contribution in [2.45, 2.75) is 32.7 Å². The molecule has 2 rings (SSSR count). The van der Waals surface area contributed by atoms with Crippen molar-refractivity contribution in [1.29, 1.82) is 0 Å². The standard InChI is InChI=1S/C14H28N4S.HI/c1-12(2)13(17-5-3-4-6-17)11-16-14(15)18-7-9-19-10-8-18;/h12-13H,3-11H2,1-2H3,(H2,15,16);1H. The normalized spacial score (nSPS) is 22.9. The zero-order valence-electron chi connectivity index (χ0n) is 12.8. The minimum atomic E-state index is 0. The first-order valence-electron chi connectivity index (χ1n) is 7.55. The van der Waals surface area contributed by atoms with Crippen LogP contribution in [0.15, 0.2) is 4.99 Å². The summed E-state index contributed by atoms with van der Waals surface area (Å²) < 4.78 is 0. The summed E-state index contributed by atoms with van der Waals surface area (Å²) in [5.41, 5.74) is 6.14. The lowest BCUT2D eigenvalue weighted by Gasteiger charge is -2.31. The lowest BCUT2D eigenvalue weighted by Crippen LogP contribution is -2.44. The second-order valence-electron chi connectivity index (χ2n) is 5.85. The van der Waals surface area contributed by atoms with Crippen molar-refractivity contribution in [3.8, 4) is 0 Å². The highest BCUT2D eigenvalue weighted by Crippen LogP contribution is 2.18. The fourth-order valence-electron chi connectivity index (χ4n) is 2.90. The Morgan fingerprint density at radius 3 is 2.30 bits per heavy atom. The molecule has 0 bridgehead atoms. The molecule has 2 N–H and O–H groups in total. The van der Waals surface area contributed by atoms with E-state index >= 15 is 0 Å². The maximum Gasteiger partial charge on any atom is 0.191 e. The number of halogens is 1. The number of nitrogens with two attached hydrogens (primary N) is 1. The predicted molar refractivity (Wildman–Crippen MR) is 100 cm³/mol. The number of thioether (sulfide) groups is 1. The second kappa shape index (κ2) is 9.35. The van der Waals surface area contributed by atoms with Crippen LogP contribution in [0.25, 0.3) is 0 Å². The van der Waals surface area contributed by atoms with Crippen LogP contribution in [0, 0.1) is 5.92 Å². The minimum Gasteiger partial charge on any atom is -0.370 e. The highest BCUT2D eigenvalue weighted by atomic mass is 127. The Bertz CT molecular complexity index is 300. The molecule has 0 saturated carbocycles. The predicted octanol–water partition coefficient (Wildman–Crippen LogP) is 2.09. The van der Waals surface area contributed by atoms with E-state index in [1.54, 1.807) is 0 Å². The fraction of sp³-hybridized carbons (Fsp3) is 0.929. The van der Waals surface area contributed by atoms with Crippen molar-refractivity contribution in [2.75, 3.05) is 44.2 Å². The van der Waals surface area contributed by atoms with Gasteiger partial charge in [-0.2, -0.15) is 11.8 Å². The summed E-state index contributed by atoms with van der Waals surface area (Å²) in [5, 5.41) is 0. The zero-order valence-corrected chi connectivity index (χ0v) is 15.9. The van der Waals surface area contributed by atoms with Gasteiger partial charge in [-0.05, 0) is 31.8 Å². The smallest absolute Gasteiger partial charge is 0.191 e. The van der Waals surface area contributed by atoms with Gasteiger partial charge in [0, 0.05) is 30.6 Å². The molecule has 0 aromatic rings. The molecular weight excluding hydrogens is 383 g/mol. The highest BCUT2D eigenvalue weighted by Gasteiger charge is 2.24. The first kappa shape index (κ1) is 18.4. The van der Waals surface area contributed by atoms with E-state index in [4.69, 9.17) is 5.73 Å². The topological polar surface area (TPSA) is 44.9 Å². The molecule has 6 heteroatoms. The number of aliphatic imine (C=N–C) groups is 1. The van der Waals surface area contributed by atoms with E-state index in [0.29, 0.717) is 12.0 Å². The van der Waals surface area contributed by atoms with Gasteiger partial charge >= 0.3 is 0 Å². The Kier molecular flexibility index (Phi) is 8.59.